The minimum Gasteiger partial charge on any atom is -0.355 e. The number of hydrogen-bond acceptors (Lipinski definition) is 3. The molecule has 1 unspecified atom stereocenters. The van der Waals surface area contributed by atoms with Gasteiger partial charge in [0.05, 0.1) is 5.25 Å². The van der Waals surface area contributed by atoms with Crippen molar-refractivity contribution in [1.82, 2.24) is 10.3 Å². The fraction of sp³-hybridized carbons (Fsp3) is 0.500. The maximum absolute atomic E-state index is 11.6. The minimum absolute atomic E-state index is 0.00206. The number of thiol groups is 1. The van der Waals surface area contributed by atoms with Gasteiger partial charge in [0.2, 0.25) is 5.91 Å². The number of nitrogens with zero attached hydrogens (tertiary/aromatic N) is 1. The van der Waals surface area contributed by atoms with Crippen LogP contribution in [-0.4, -0.2) is 22.7 Å². The van der Waals surface area contributed by atoms with Crippen molar-refractivity contribution in [3.8, 4) is 0 Å². The van der Waals surface area contributed by atoms with E-state index >= 15 is 0 Å². The van der Waals surface area contributed by atoms with Crippen molar-refractivity contribution in [2.24, 2.45) is 5.92 Å². The van der Waals surface area contributed by atoms with E-state index in [1.807, 2.05) is 32.2 Å². The van der Waals surface area contributed by atoms with E-state index in [2.05, 4.69) is 22.9 Å². The topological polar surface area (TPSA) is 42.0 Å². The Morgan fingerprint density at radius 3 is 2.88 bits per heavy atom. The molecule has 0 aliphatic heterocycles. The van der Waals surface area contributed by atoms with E-state index in [4.69, 9.17) is 0 Å². The highest BCUT2D eigenvalue weighted by atomic mass is 32.1. The maximum atomic E-state index is 11.6. The van der Waals surface area contributed by atoms with Crippen LogP contribution in [0.4, 0.5) is 0 Å². The molecular weight excluding hydrogens is 220 g/mol. The van der Waals surface area contributed by atoms with E-state index in [0.717, 1.165) is 12.0 Å². The van der Waals surface area contributed by atoms with Crippen molar-refractivity contribution in [2.75, 3.05) is 6.54 Å². The lowest BCUT2D eigenvalue weighted by Crippen LogP contribution is -2.35. The van der Waals surface area contributed by atoms with Crippen molar-refractivity contribution in [2.45, 2.75) is 25.5 Å². The summed E-state index contributed by atoms with van der Waals surface area (Å²) < 4.78 is 0. The number of rotatable bonds is 5. The summed E-state index contributed by atoms with van der Waals surface area (Å²) >= 11 is 4.26. The molecule has 0 spiro atoms. The third-order valence-electron chi connectivity index (χ3n) is 2.34. The van der Waals surface area contributed by atoms with Crippen molar-refractivity contribution in [3.05, 3.63) is 30.1 Å². The molecule has 0 saturated heterocycles. The van der Waals surface area contributed by atoms with Crippen LogP contribution >= 0.6 is 12.6 Å². The first-order chi connectivity index (χ1) is 7.61. The molecule has 0 bridgehead atoms. The van der Waals surface area contributed by atoms with Crippen molar-refractivity contribution in [1.29, 1.82) is 0 Å². The van der Waals surface area contributed by atoms with E-state index in [1.165, 1.54) is 0 Å². The largest absolute Gasteiger partial charge is 0.355 e. The summed E-state index contributed by atoms with van der Waals surface area (Å²) in [6.07, 6.45) is 4.36. The highest BCUT2D eigenvalue weighted by Gasteiger charge is 2.16. The van der Waals surface area contributed by atoms with Crippen molar-refractivity contribution >= 4 is 18.5 Å². The summed E-state index contributed by atoms with van der Waals surface area (Å²) in [5.74, 6) is 0.254. The second-order valence-corrected chi connectivity index (χ2v) is 4.65. The fourth-order valence-electron chi connectivity index (χ4n) is 1.28. The van der Waals surface area contributed by atoms with Gasteiger partial charge >= 0.3 is 0 Å². The lowest BCUT2D eigenvalue weighted by Gasteiger charge is -2.14. The number of pyridine rings is 1. The highest BCUT2D eigenvalue weighted by molar-refractivity contribution is 7.81. The third kappa shape index (κ3) is 4.23. The summed E-state index contributed by atoms with van der Waals surface area (Å²) in [6, 6.07) is 3.90. The van der Waals surface area contributed by atoms with Crippen LogP contribution in [0.15, 0.2) is 24.5 Å². The first-order valence-corrected chi connectivity index (χ1v) is 5.97. The number of hydrogen-bond donors (Lipinski definition) is 2. The van der Waals surface area contributed by atoms with Crippen LogP contribution in [0, 0.1) is 5.92 Å². The number of aromatic nitrogens is 1. The van der Waals surface area contributed by atoms with Crippen LogP contribution in [0.1, 0.15) is 19.4 Å². The van der Waals surface area contributed by atoms with Gasteiger partial charge in [-0.1, -0.05) is 19.9 Å². The highest BCUT2D eigenvalue weighted by Crippen LogP contribution is 2.08. The molecule has 4 heteroatoms. The molecule has 1 amide bonds. The van der Waals surface area contributed by atoms with Gasteiger partial charge in [-0.2, -0.15) is 12.6 Å². The van der Waals surface area contributed by atoms with Crippen LogP contribution in [-0.2, 0) is 11.2 Å². The molecule has 0 aliphatic rings. The molecule has 1 N–H and O–H groups in total. The van der Waals surface area contributed by atoms with E-state index in [-0.39, 0.29) is 17.1 Å². The van der Waals surface area contributed by atoms with Crippen molar-refractivity contribution in [3.63, 3.8) is 0 Å². The Morgan fingerprint density at radius 1 is 1.56 bits per heavy atom. The molecule has 0 fully saturated rings. The Hall–Kier alpha value is -1.03. The zero-order valence-electron chi connectivity index (χ0n) is 9.68. The molecule has 0 aliphatic carbocycles. The Kier molecular flexibility index (Phi) is 5.32. The van der Waals surface area contributed by atoms with Gasteiger partial charge in [0.25, 0.3) is 0 Å². The Bertz CT molecular complexity index is 327. The summed E-state index contributed by atoms with van der Waals surface area (Å²) in [5.41, 5.74) is 1.13. The lowest BCUT2D eigenvalue weighted by atomic mass is 10.1. The molecule has 0 aromatic carbocycles. The van der Waals surface area contributed by atoms with Gasteiger partial charge in [-0.15, -0.1) is 0 Å². The number of nitrogens with one attached hydrogen (secondary N) is 1. The number of carbonyl (C=O) groups is 1. The van der Waals surface area contributed by atoms with Gasteiger partial charge < -0.3 is 5.32 Å². The van der Waals surface area contributed by atoms with E-state index < -0.39 is 0 Å². The SMILES string of the molecule is CC(C)C(S)C(=O)NCCc1cccnc1. The normalized spacial score (nSPS) is 12.5. The maximum Gasteiger partial charge on any atom is 0.233 e. The van der Waals surface area contributed by atoms with E-state index in [9.17, 15) is 4.79 Å². The summed E-state index contributed by atoms with van der Waals surface area (Å²) in [6.45, 7) is 4.60. The summed E-state index contributed by atoms with van der Waals surface area (Å²) in [5, 5.41) is 2.64. The first-order valence-electron chi connectivity index (χ1n) is 5.46. The second kappa shape index (κ2) is 6.53. The van der Waals surface area contributed by atoms with Gasteiger partial charge in [0.15, 0.2) is 0 Å². The van der Waals surface area contributed by atoms with E-state index in [0.29, 0.717) is 6.54 Å². The molecule has 1 heterocycles. The molecular formula is C12H18N2OS. The zero-order chi connectivity index (χ0) is 12.0. The molecule has 3 nitrogen and oxygen atoms in total. The molecule has 0 saturated carbocycles. The molecule has 16 heavy (non-hydrogen) atoms. The Morgan fingerprint density at radius 2 is 2.31 bits per heavy atom. The predicted molar refractivity (Wildman–Crippen MR) is 68.6 cm³/mol. The zero-order valence-corrected chi connectivity index (χ0v) is 10.6. The van der Waals surface area contributed by atoms with Gasteiger partial charge in [-0.3, -0.25) is 9.78 Å². The summed E-state index contributed by atoms with van der Waals surface area (Å²) in [7, 11) is 0. The minimum atomic E-state index is -0.228. The summed E-state index contributed by atoms with van der Waals surface area (Å²) in [4.78, 5) is 15.6. The molecule has 1 aromatic rings. The molecule has 1 aromatic heterocycles. The second-order valence-electron chi connectivity index (χ2n) is 4.09. The Labute approximate surface area is 102 Å². The Balaban J connectivity index is 2.28. The van der Waals surface area contributed by atoms with E-state index in [1.54, 1.807) is 6.20 Å². The average molecular weight is 238 g/mol. The van der Waals surface area contributed by atoms with Crippen LogP contribution < -0.4 is 5.32 Å². The first kappa shape index (κ1) is 13.0. The monoisotopic (exact) mass is 238 g/mol. The van der Waals surface area contributed by atoms with Gasteiger partial charge in [-0.05, 0) is 24.0 Å². The third-order valence-corrected chi connectivity index (χ3v) is 3.17. The lowest BCUT2D eigenvalue weighted by molar-refractivity contribution is -0.121. The molecule has 0 radical (unpaired) electrons. The van der Waals surface area contributed by atoms with Crippen LogP contribution in [0.2, 0.25) is 0 Å². The molecule has 88 valence electrons. The smallest absolute Gasteiger partial charge is 0.233 e. The number of carbonyl (C=O) groups excluding carboxylic acids is 1. The quantitative estimate of drug-likeness (QED) is 0.767. The van der Waals surface area contributed by atoms with Crippen LogP contribution in [0.25, 0.3) is 0 Å². The van der Waals surface area contributed by atoms with Gasteiger partial charge in [0, 0.05) is 18.9 Å². The molecule has 1 rings (SSSR count). The van der Waals surface area contributed by atoms with Gasteiger partial charge in [-0.25, -0.2) is 0 Å². The predicted octanol–water partition coefficient (Wildman–Crippen LogP) is 1.69. The van der Waals surface area contributed by atoms with Crippen molar-refractivity contribution < 1.29 is 4.79 Å². The van der Waals surface area contributed by atoms with Crippen LogP contribution in [0.5, 0.6) is 0 Å². The molecule has 1 atom stereocenters. The fourth-order valence-corrected chi connectivity index (χ4v) is 1.37. The standard InChI is InChI=1S/C12H18N2OS/c1-9(2)11(16)12(15)14-7-5-10-4-3-6-13-8-10/h3-4,6,8-9,11,16H,5,7H2,1-2H3,(H,14,15). The van der Waals surface area contributed by atoms with Crippen LogP contribution in [0.3, 0.4) is 0 Å². The average Bonchev–Trinajstić information content (AvgIpc) is 2.29. The van der Waals surface area contributed by atoms with Gasteiger partial charge in [0.1, 0.15) is 0 Å². The number of amides is 1.